The summed E-state index contributed by atoms with van der Waals surface area (Å²) in [6.45, 7) is 5.92. The van der Waals surface area contributed by atoms with Gasteiger partial charge in [-0.1, -0.05) is 0 Å². The van der Waals surface area contributed by atoms with Crippen molar-refractivity contribution in [1.82, 2.24) is 15.4 Å². The second-order valence-electron chi connectivity index (χ2n) is 5.05. The van der Waals surface area contributed by atoms with Gasteiger partial charge in [0.1, 0.15) is 5.69 Å². The van der Waals surface area contributed by atoms with Gasteiger partial charge in [0.2, 0.25) is 0 Å². The number of rotatable bonds is 9. The quantitative estimate of drug-likeness (QED) is 0.423. The molecule has 0 aliphatic heterocycles. The van der Waals surface area contributed by atoms with Crippen LogP contribution in [0.25, 0.3) is 11.3 Å². The molecule has 1 aromatic carbocycles. The second-order valence-corrected chi connectivity index (χ2v) is 6.22. The Morgan fingerprint density at radius 1 is 1.04 bits per heavy atom. The van der Waals surface area contributed by atoms with Crippen LogP contribution in [0.3, 0.4) is 0 Å². The lowest BCUT2D eigenvalue weighted by Crippen LogP contribution is -2.15. The molecule has 0 aliphatic carbocycles. The van der Waals surface area contributed by atoms with Gasteiger partial charge in [0, 0.05) is 5.56 Å². The number of esters is 2. The highest BCUT2D eigenvalue weighted by Crippen LogP contribution is 2.37. The molecule has 1 heterocycles. The van der Waals surface area contributed by atoms with E-state index in [1.54, 1.807) is 26.0 Å². The van der Waals surface area contributed by atoms with Crippen molar-refractivity contribution in [2.75, 3.05) is 26.4 Å². The summed E-state index contributed by atoms with van der Waals surface area (Å²) in [7, 11) is 0. The molecular weight excluding hydrogens is 469 g/mol. The average molecular weight is 489 g/mol. The average Bonchev–Trinajstić information content (AvgIpc) is 3.11. The van der Waals surface area contributed by atoms with Crippen molar-refractivity contribution >= 4 is 34.5 Å². The van der Waals surface area contributed by atoms with Crippen LogP contribution in [0.1, 0.15) is 31.3 Å². The summed E-state index contributed by atoms with van der Waals surface area (Å²) >= 11 is 2.06. The van der Waals surface area contributed by atoms with Crippen molar-refractivity contribution in [1.29, 1.82) is 0 Å². The van der Waals surface area contributed by atoms with Crippen molar-refractivity contribution < 1.29 is 28.5 Å². The van der Waals surface area contributed by atoms with Gasteiger partial charge in [0.25, 0.3) is 0 Å². The minimum absolute atomic E-state index is 0.0790. The number of carbonyl (C=O) groups is 2. The summed E-state index contributed by atoms with van der Waals surface area (Å²) in [6, 6.07) is 3.43. The van der Waals surface area contributed by atoms with E-state index in [0.29, 0.717) is 32.9 Å². The lowest BCUT2D eigenvalue weighted by Gasteiger charge is -2.14. The third kappa shape index (κ3) is 5.31. The van der Waals surface area contributed by atoms with Gasteiger partial charge in [0.05, 0.1) is 23.4 Å². The van der Waals surface area contributed by atoms with Gasteiger partial charge in [-0.15, -0.1) is 5.10 Å². The number of aromatic nitrogens is 3. The Kier molecular flexibility index (Phi) is 7.82. The third-order valence-corrected chi connectivity index (χ3v) is 4.04. The molecule has 0 atom stereocenters. The maximum Gasteiger partial charge on any atom is 0.361 e. The van der Waals surface area contributed by atoms with E-state index in [1.165, 1.54) is 0 Å². The van der Waals surface area contributed by atoms with Crippen LogP contribution in [0, 0.1) is 3.57 Å². The zero-order valence-electron chi connectivity index (χ0n) is 15.2. The molecule has 2 aromatic rings. The Morgan fingerprint density at radius 3 is 2.44 bits per heavy atom. The fraction of sp³-hybridized carbons (Fsp3) is 0.412. The summed E-state index contributed by atoms with van der Waals surface area (Å²) in [6.07, 6.45) is 0. The van der Waals surface area contributed by atoms with Crippen LogP contribution in [0.2, 0.25) is 0 Å². The van der Waals surface area contributed by atoms with Gasteiger partial charge in [0.15, 0.2) is 23.8 Å². The molecular formula is C17H20IN3O6. The van der Waals surface area contributed by atoms with Crippen molar-refractivity contribution in [2.24, 2.45) is 0 Å². The Bertz CT molecular complexity index is 808. The molecule has 0 bridgehead atoms. The number of nitrogens with one attached hydrogen (secondary N) is 1. The second kappa shape index (κ2) is 10.1. The van der Waals surface area contributed by atoms with Crippen LogP contribution in [0.5, 0.6) is 11.5 Å². The summed E-state index contributed by atoms with van der Waals surface area (Å²) in [4.78, 5) is 23.6. The van der Waals surface area contributed by atoms with E-state index in [9.17, 15) is 9.59 Å². The molecule has 9 nitrogen and oxygen atoms in total. The zero-order valence-corrected chi connectivity index (χ0v) is 17.4. The fourth-order valence-electron chi connectivity index (χ4n) is 2.22. The SMILES string of the molecule is CCOC(=O)COc1c(I)cc(-c2n[nH]nc2C(=O)OCC)cc1OCC. The Balaban J connectivity index is 2.37. The third-order valence-electron chi connectivity index (χ3n) is 3.24. The number of carbonyl (C=O) groups excluding carboxylic acids is 2. The van der Waals surface area contributed by atoms with E-state index in [0.717, 1.165) is 0 Å². The highest BCUT2D eigenvalue weighted by atomic mass is 127. The van der Waals surface area contributed by atoms with E-state index in [-0.39, 0.29) is 25.5 Å². The number of hydrogen-bond acceptors (Lipinski definition) is 8. The van der Waals surface area contributed by atoms with Crippen molar-refractivity contribution in [2.45, 2.75) is 20.8 Å². The van der Waals surface area contributed by atoms with Gasteiger partial charge in [-0.3, -0.25) is 0 Å². The van der Waals surface area contributed by atoms with Crippen molar-refractivity contribution in [3.05, 3.63) is 21.4 Å². The molecule has 0 radical (unpaired) electrons. The summed E-state index contributed by atoms with van der Waals surface area (Å²) < 4.78 is 21.8. The van der Waals surface area contributed by atoms with E-state index in [1.807, 2.05) is 6.92 Å². The Morgan fingerprint density at radius 2 is 1.78 bits per heavy atom. The first-order valence-electron chi connectivity index (χ1n) is 8.34. The molecule has 10 heteroatoms. The van der Waals surface area contributed by atoms with E-state index in [4.69, 9.17) is 18.9 Å². The van der Waals surface area contributed by atoms with Crippen LogP contribution in [-0.2, 0) is 14.3 Å². The van der Waals surface area contributed by atoms with Crippen LogP contribution in [-0.4, -0.2) is 53.8 Å². The summed E-state index contributed by atoms with van der Waals surface area (Å²) in [5.41, 5.74) is 1.02. The van der Waals surface area contributed by atoms with E-state index >= 15 is 0 Å². The molecule has 1 N–H and O–H groups in total. The number of hydrogen-bond donors (Lipinski definition) is 1. The maximum atomic E-state index is 12.0. The molecule has 1 aromatic heterocycles. The standard InChI is InChI=1S/C17H20IN3O6/c1-4-24-12-8-10(14-15(20-21-19-14)17(23)26-6-3)7-11(18)16(12)27-9-13(22)25-5-2/h7-8H,4-6,9H2,1-3H3,(H,19,20,21). The Labute approximate surface area is 169 Å². The maximum absolute atomic E-state index is 12.0. The number of ether oxygens (including phenoxy) is 4. The topological polar surface area (TPSA) is 113 Å². The monoisotopic (exact) mass is 489 g/mol. The number of halogens is 1. The van der Waals surface area contributed by atoms with Crippen molar-refractivity contribution in [3.63, 3.8) is 0 Å². The fourth-order valence-corrected chi connectivity index (χ4v) is 2.97. The molecule has 0 amide bonds. The number of benzene rings is 1. The lowest BCUT2D eigenvalue weighted by molar-refractivity contribution is -0.145. The van der Waals surface area contributed by atoms with Crippen LogP contribution in [0.15, 0.2) is 12.1 Å². The first-order valence-corrected chi connectivity index (χ1v) is 9.42. The largest absolute Gasteiger partial charge is 0.490 e. The first-order chi connectivity index (χ1) is 13.0. The normalized spacial score (nSPS) is 10.4. The molecule has 0 aliphatic rings. The summed E-state index contributed by atoms with van der Waals surface area (Å²) in [5.74, 6) is -0.213. The first kappa shape index (κ1) is 20.9. The lowest BCUT2D eigenvalue weighted by atomic mass is 10.1. The molecule has 0 unspecified atom stereocenters. The predicted molar refractivity (Wildman–Crippen MR) is 104 cm³/mol. The van der Waals surface area contributed by atoms with Gasteiger partial charge >= 0.3 is 11.9 Å². The molecule has 0 saturated carbocycles. The van der Waals surface area contributed by atoms with Crippen LogP contribution >= 0.6 is 22.6 Å². The van der Waals surface area contributed by atoms with Crippen molar-refractivity contribution in [3.8, 4) is 22.8 Å². The van der Waals surface area contributed by atoms with Gasteiger partial charge in [-0.05, 0) is 55.5 Å². The van der Waals surface area contributed by atoms with Gasteiger partial charge < -0.3 is 18.9 Å². The number of nitrogens with zero attached hydrogens (tertiary/aromatic N) is 2. The van der Waals surface area contributed by atoms with Gasteiger partial charge in [-0.25, -0.2) is 9.59 Å². The Hall–Kier alpha value is -2.37. The molecule has 0 saturated heterocycles. The summed E-state index contributed by atoms with van der Waals surface area (Å²) in [5, 5.41) is 10.4. The van der Waals surface area contributed by atoms with Gasteiger partial charge in [-0.2, -0.15) is 10.3 Å². The highest BCUT2D eigenvalue weighted by Gasteiger charge is 2.22. The minimum atomic E-state index is -0.572. The minimum Gasteiger partial charge on any atom is -0.490 e. The van der Waals surface area contributed by atoms with Crippen LogP contribution < -0.4 is 9.47 Å². The molecule has 27 heavy (non-hydrogen) atoms. The zero-order chi connectivity index (χ0) is 19.8. The van der Waals surface area contributed by atoms with E-state index in [2.05, 4.69) is 38.0 Å². The molecule has 0 spiro atoms. The van der Waals surface area contributed by atoms with E-state index < -0.39 is 11.9 Å². The van der Waals surface area contributed by atoms with Crippen LogP contribution in [0.4, 0.5) is 0 Å². The predicted octanol–water partition coefficient (Wildman–Crippen LogP) is 2.59. The number of H-pyrrole nitrogens is 1. The highest BCUT2D eigenvalue weighted by molar-refractivity contribution is 14.1. The molecule has 146 valence electrons. The smallest absolute Gasteiger partial charge is 0.361 e. The number of aromatic amines is 1. The molecule has 2 rings (SSSR count). The molecule has 0 fully saturated rings.